The van der Waals surface area contributed by atoms with Crippen molar-refractivity contribution in [2.45, 2.75) is 12.8 Å². The first-order chi connectivity index (χ1) is 8.70. The molecule has 0 spiro atoms. The maximum absolute atomic E-state index is 11.3. The van der Waals surface area contributed by atoms with Crippen LogP contribution in [-0.2, 0) is 4.79 Å². The Kier molecular flexibility index (Phi) is 6.87. The Hall–Kier alpha value is -1.55. The molecule has 4 nitrogen and oxygen atoms in total. The Morgan fingerprint density at radius 2 is 1.94 bits per heavy atom. The molecule has 100 valence electrons. The molecule has 0 fully saturated rings. The van der Waals surface area contributed by atoms with Gasteiger partial charge in [0.25, 0.3) is 0 Å². The van der Waals surface area contributed by atoms with Crippen LogP contribution in [0.5, 0.6) is 5.75 Å². The molecule has 1 rings (SSSR count). The highest BCUT2D eigenvalue weighted by molar-refractivity contribution is 5.75. The van der Waals surface area contributed by atoms with Crippen LogP contribution in [0.4, 0.5) is 0 Å². The van der Waals surface area contributed by atoms with Gasteiger partial charge in [-0.05, 0) is 25.1 Å². The topological polar surface area (TPSA) is 41.6 Å². The zero-order chi connectivity index (χ0) is 13.2. The monoisotopic (exact) mass is 250 g/mol. The molecular formula is C14H22N2O2. The van der Waals surface area contributed by atoms with Crippen molar-refractivity contribution in [1.82, 2.24) is 10.2 Å². The van der Waals surface area contributed by atoms with Gasteiger partial charge in [0.1, 0.15) is 12.4 Å². The lowest BCUT2D eigenvalue weighted by Gasteiger charge is -2.10. The predicted octanol–water partition coefficient (Wildman–Crippen LogP) is 1.52. The number of carbonyl (C=O) groups is 1. The number of para-hydroxylation sites is 1. The van der Waals surface area contributed by atoms with E-state index in [4.69, 9.17) is 4.74 Å². The minimum Gasteiger partial charge on any atom is -0.492 e. The fourth-order valence-corrected chi connectivity index (χ4v) is 1.47. The van der Waals surface area contributed by atoms with E-state index in [9.17, 15) is 4.79 Å². The molecule has 0 aliphatic rings. The summed E-state index contributed by atoms with van der Waals surface area (Å²) in [5.74, 6) is 1.07. The van der Waals surface area contributed by atoms with Crippen LogP contribution >= 0.6 is 0 Å². The van der Waals surface area contributed by atoms with Crippen molar-refractivity contribution in [1.29, 1.82) is 0 Å². The molecule has 0 aliphatic carbocycles. The normalized spacial score (nSPS) is 10.1. The van der Waals surface area contributed by atoms with Crippen molar-refractivity contribution in [2.75, 3.05) is 33.8 Å². The minimum atomic E-state index is 0.178. The van der Waals surface area contributed by atoms with Crippen LogP contribution in [0.1, 0.15) is 12.8 Å². The zero-order valence-corrected chi connectivity index (χ0v) is 11.2. The third-order valence-electron chi connectivity index (χ3n) is 2.53. The highest BCUT2D eigenvalue weighted by atomic mass is 16.5. The molecule has 1 amide bonds. The molecule has 0 saturated carbocycles. The van der Waals surface area contributed by atoms with Gasteiger partial charge < -0.3 is 15.0 Å². The number of carbonyl (C=O) groups excluding carboxylic acids is 1. The maximum Gasteiger partial charge on any atom is 0.222 e. The summed E-state index contributed by atoms with van der Waals surface area (Å²) in [5.41, 5.74) is 0. The van der Waals surface area contributed by atoms with Gasteiger partial charge in [-0.15, -0.1) is 0 Å². The fourth-order valence-electron chi connectivity index (χ4n) is 1.47. The number of nitrogens with one attached hydrogen (secondary N) is 1. The van der Waals surface area contributed by atoms with Crippen molar-refractivity contribution in [3.8, 4) is 5.75 Å². The molecule has 0 heterocycles. The molecule has 0 saturated heterocycles. The molecule has 0 aliphatic heterocycles. The molecule has 0 aromatic heterocycles. The largest absolute Gasteiger partial charge is 0.492 e. The Morgan fingerprint density at radius 1 is 1.22 bits per heavy atom. The van der Waals surface area contributed by atoms with E-state index in [0.29, 0.717) is 13.0 Å². The van der Waals surface area contributed by atoms with Gasteiger partial charge in [-0.3, -0.25) is 4.79 Å². The fraction of sp³-hybridized carbons (Fsp3) is 0.500. The highest BCUT2D eigenvalue weighted by Crippen LogP contribution is 2.07. The number of benzene rings is 1. The third kappa shape index (κ3) is 6.25. The number of hydrogen-bond donors (Lipinski definition) is 1. The Labute approximate surface area is 109 Å². The zero-order valence-electron chi connectivity index (χ0n) is 11.2. The Bertz CT molecular complexity index is 339. The third-order valence-corrected chi connectivity index (χ3v) is 2.53. The summed E-state index contributed by atoms with van der Waals surface area (Å²) in [6.07, 6.45) is 1.46. The van der Waals surface area contributed by atoms with Crippen LogP contribution < -0.4 is 10.1 Å². The van der Waals surface area contributed by atoms with Crippen molar-refractivity contribution in [3.05, 3.63) is 30.3 Å². The van der Waals surface area contributed by atoms with Gasteiger partial charge in [-0.2, -0.15) is 0 Å². The van der Waals surface area contributed by atoms with E-state index >= 15 is 0 Å². The molecule has 0 radical (unpaired) electrons. The summed E-state index contributed by atoms with van der Waals surface area (Å²) in [6.45, 7) is 2.29. The second kappa shape index (κ2) is 8.53. The van der Waals surface area contributed by atoms with Gasteiger partial charge in [-0.25, -0.2) is 0 Å². The molecule has 0 unspecified atom stereocenters. The maximum atomic E-state index is 11.3. The first-order valence-electron chi connectivity index (χ1n) is 6.29. The van der Waals surface area contributed by atoms with Crippen LogP contribution in [0.3, 0.4) is 0 Å². The summed E-state index contributed by atoms with van der Waals surface area (Å²) in [7, 11) is 3.56. The molecule has 1 aromatic rings. The summed E-state index contributed by atoms with van der Waals surface area (Å²) in [5, 5.41) is 3.25. The molecule has 0 atom stereocenters. The van der Waals surface area contributed by atoms with E-state index in [1.54, 1.807) is 19.0 Å². The van der Waals surface area contributed by atoms with Crippen LogP contribution in [0.15, 0.2) is 30.3 Å². The lowest BCUT2D eigenvalue weighted by atomic mass is 10.3. The number of rotatable bonds is 8. The van der Waals surface area contributed by atoms with Crippen molar-refractivity contribution >= 4 is 5.91 Å². The lowest BCUT2D eigenvalue weighted by molar-refractivity contribution is -0.128. The van der Waals surface area contributed by atoms with Gasteiger partial charge in [-0.1, -0.05) is 18.2 Å². The van der Waals surface area contributed by atoms with E-state index < -0.39 is 0 Å². The van der Waals surface area contributed by atoms with Gasteiger partial charge in [0, 0.05) is 27.1 Å². The van der Waals surface area contributed by atoms with E-state index in [1.165, 1.54) is 0 Å². The number of ether oxygens (including phenoxy) is 1. The van der Waals surface area contributed by atoms with E-state index in [1.807, 2.05) is 30.3 Å². The van der Waals surface area contributed by atoms with Crippen LogP contribution in [0.25, 0.3) is 0 Å². The van der Waals surface area contributed by atoms with Crippen molar-refractivity contribution < 1.29 is 9.53 Å². The first kappa shape index (κ1) is 14.5. The van der Waals surface area contributed by atoms with Gasteiger partial charge in [0.2, 0.25) is 5.91 Å². The second-order valence-electron chi connectivity index (χ2n) is 4.30. The van der Waals surface area contributed by atoms with E-state index in [-0.39, 0.29) is 5.91 Å². The summed E-state index contributed by atoms with van der Waals surface area (Å²) in [6, 6.07) is 9.75. The number of hydrogen-bond acceptors (Lipinski definition) is 3. The predicted molar refractivity (Wildman–Crippen MR) is 72.7 cm³/mol. The van der Waals surface area contributed by atoms with E-state index in [0.717, 1.165) is 25.3 Å². The van der Waals surface area contributed by atoms with Gasteiger partial charge in [0.15, 0.2) is 0 Å². The first-order valence-corrected chi connectivity index (χ1v) is 6.29. The van der Waals surface area contributed by atoms with Crippen LogP contribution in [-0.4, -0.2) is 44.6 Å². The van der Waals surface area contributed by atoms with Gasteiger partial charge in [0.05, 0.1) is 0 Å². The minimum absolute atomic E-state index is 0.178. The Balaban J connectivity index is 1.95. The average molecular weight is 250 g/mol. The molecular weight excluding hydrogens is 228 g/mol. The lowest BCUT2D eigenvalue weighted by Crippen LogP contribution is -2.25. The van der Waals surface area contributed by atoms with Gasteiger partial charge >= 0.3 is 0 Å². The van der Waals surface area contributed by atoms with Crippen molar-refractivity contribution in [2.24, 2.45) is 0 Å². The SMILES string of the molecule is CN(C)C(=O)CCCNCCOc1ccccc1. The summed E-state index contributed by atoms with van der Waals surface area (Å²) < 4.78 is 5.53. The molecule has 1 aromatic carbocycles. The van der Waals surface area contributed by atoms with Crippen molar-refractivity contribution in [3.63, 3.8) is 0 Å². The molecule has 1 N–H and O–H groups in total. The standard InChI is InChI=1S/C14H22N2O2/c1-16(2)14(17)9-6-10-15-11-12-18-13-7-4-3-5-8-13/h3-5,7-8,15H,6,9-12H2,1-2H3. The highest BCUT2D eigenvalue weighted by Gasteiger charge is 2.02. The smallest absolute Gasteiger partial charge is 0.222 e. The van der Waals surface area contributed by atoms with Crippen LogP contribution in [0.2, 0.25) is 0 Å². The van der Waals surface area contributed by atoms with Crippen LogP contribution in [0, 0.1) is 0 Å². The molecule has 4 heteroatoms. The quantitative estimate of drug-likeness (QED) is 0.711. The number of amides is 1. The molecule has 0 bridgehead atoms. The Morgan fingerprint density at radius 3 is 2.61 bits per heavy atom. The summed E-state index contributed by atoms with van der Waals surface area (Å²) in [4.78, 5) is 12.9. The summed E-state index contributed by atoms with van der Waals surface area (Å²) >= 11 is 0. The number of nitrogens with zero attached hydrogens (tertiary/aromatic N) is 1. The average Bonchev–Trinajstić information content (AvgIpc) is 2.38. The van der Waals surface area contributed by atoms with E-state index in [2.05, 4.69) is 5.32 Å². The molecule has 18 heavy (non-hydrogen) atoms. The second-order valence-corrected chi connectivity index (χ2v) is 4.30.